The maximum atomic E-state index is 12.1. The van der Waals surface area contributed by atoms with Crippen molar-refractivity contribution in [3.8, 4) is 5.75 Å². The number of carbonyl (C=O) groups excluding carboxylic acids is 3. The highest BCUT2D eigenvalue weighted by atomic mass is 16.5. The Labute approximate surface area is 166 Å². The van der Waals surface area contributed by atoms with Crippen molar-refractivity contribution in [2.75, 3.05) is 0 Å². The average molecular weight is 396 g/mol. The Balaban J connectivity index is 1.48. The SMILES string of the molecule is C[C@@H](OC(=O)Cc1coc2cc(O)ccc12)C(=O)NC(=O)NCc1ccccc1. The van der Waals surface area contributed by atoms with Gasteiger partial charge in [-0.15, -0.1) is 0 Å². The number of imide groups is 1. The predicted molar refractivity (Wildman–Crippen MR) is 104 cm³/mol. The fourth-order valence-corrected chi connectivity index (χ4v) is 2.69. The second-order valence-corrected chi connectivity index (χ2v) is 6.41. The molecule has 2 aromatic carbocycles. The Morgan fingerprint density at radius 1 is 1.14 bits per heavy atom. The van der Waals surface area contributed by atoms with Crippen LogP contribution in [0.25, 0.3) is 11.0 Å². The number of urea groups is 1. The number of phenolic OH excluding ortho intramolecular Hbond substituents is 1. The summed E-state index contributed by atoms with van der Waals surface area (Å²) in [7, 11) is 0. The lowest BCUT2D eigenvalue weighted by Crippen LogP contribution is -2.44. The summed E-state index contributed by atoms with van der Waals surface area (Å²) >= 11 is 0. The van der Waals surface area contributed by atoms with E-state index in [4.69, 9.17) is 9.15 Å². The number of ether oxygens (including phenoxy) is 1. The van der Waals surface area contributed by atoms with Gasteiger partial charge in [0.15, 0.2) is 6.10 Å². The summed E-state index contributed by atoms with van der Waals surface area (Å²) < 4.78 is 10.4. The molecule has 1 heterocycles. The van der Waals surface area contributed by atoms with E-state index in [0.29, 0.717) is 16.5 Å². The summed E-state index contributed by atoms with van der Waals surface area (Å²) in [5.41, 5.74) is 1.89. The molecule has 0 fully saturated rings. The lowest BCUT2D eigenvalue weighted by Gasteiger charge is -2.13. The molecule has 3 N–H and O–H groups in total. The Morgan fingerprint density at radius 3 is 2.66 bits per heavy atom. The molecule has 0 unspecified atom stereocenters. The van der Waals surface area contributed by atoms with E-state index in [2.05, 4.69) is 10.6 Å². The van der Waals surface area contributed by atoms with Crippen molar-refractivity contribution in [3.05, 3.63) is 65.9 Å². The minimum absolute atomic E-state index is 0.0526. The highest BCUT2D eigenvalue weighted by Crippen LogP contribution is 2.25. The standard InChI is InChI=1S/C21H20N2O6/c1-13(20(26)23-21(27)22-11-14-5-3-2-4-6-14)29-19(25)9-15-12-28-18-10-16(24)7-8-17(15)18/h2-8,10,12-13,24H,9,11H2,1H3,(H2,22,23,26,27)/t13-/m1/s1. The molecule has 0 saturated carbocycles. The smallest absolute Gasteiger partial charge is 0.321 e. The Morgan fingerprint density at radius 2 is 1.90 bits per heavy atom. The molecule has 1 atom stereocenters. The summed E-state index contributed by atoms with van der Waals surface area (Å²) in [6.45, 7) is 1.64. The topological polar surface area (TPSA) is 118 Å². The van der Waals surface area contributed by atoms with Gasteiger partial charge >= 0.3 is 12.0 Å². The molecular formula is C21H20N2O6. The van der Waals surface area contributed by atoms with E-state index in [9.17, 15) is 19.5 Å². The van der Waals surface area contributed by atoms with Crippen LogP contribution in [-0.4, -0.2) is 29.1 Å². The molecule has 1 aromatic heterocycles. The number of nitrogens with one attached hydrogen (secondary N) is 2. The average Bonchev–Trinajstić information content (AvgIpc) is 3.08. The second-order valence-electron chi connectivity index (χ2n) is 6.41. The van der Waals surface area contributed by atoms with Gasteiger partial charge in [-0.05, 0) is 24.6 Å². The van der Waals surface area contributed by atoms with Crippen LogP contribution < -0.4 is 10.6 Å². The molecule has 3 rings (SSSR count). The number of carbonyl (C=O) groups is 3. The monoisotopic (exact) mass is 396 g/mol. The lowest BCUT2D eigenvalue weighted by molar-refractivity contribution is -0.153. The molecule has 3 aromatic rings. The molecule has 0 aliphatic rings. The molecule has 0 aliphatic heterocycles. The zero-order chi connectivity index (χ0) is 20.8. The third-order valence-corrected chi connectivity index (χ3v) is 4.18. The van der Waals surface area contributed by atoms with Gasteiger partial charge in [0.05, 0.1) is 12.7 Å². The van der Waals surface area contributed by atoms with E-state index >= 15 is 0 Å². The molecule has 0 bridgehead atoms. The Kier molecular flexibility index (Phi) is 6.13. The van der Waals surface area contributed by atoms with E-state index in [1.54, 1.807) is 6.07 Å². The quantitative estimate of drug-likeness (QED) is 0.551. The van der Waals surface area contributed by atoms with E-state index < -0.39 is 24.0 Å². The Hall–Kier alpha value is -3.81. The van der Waals surface area contributed by atoms with Gasteiger partial charge in [0.25, 0.3) is 5.91 Å². The summed E-state index contributed by atoms with van der Waals surface area (Å²) in [6, 6.07) is 13.1. The van der Waals surface area contributed by atoms with Crippen LogP contribution in [0.15, 0.2) is 59.2 Å². The molecule has 3 amide bonds. The van der Waals surface area contributed by atoms with Crippen LogP contribution in [0.2, 0.25) is 0 Å². The van der Waals surface area contributed by atoms with Crippen LogP contribution in [0.4, 0.5) is 4.79 Å². The number of fused-ring (bicyclic) bond motifs is 1. The van der Waals surface area contributed by atoms with Gasteiger partial charge in [0.2, 0.25) is 0 Å². The van der Waals surface area contributed by atoms with Crippen molar-refractivity contribution in [3.63, 3.8) is 0 Å². The largest absolute Gasteiger partial charge is 0.508 e. The number of hydrogen-bond donors (Lipinski definition) is 3. The zero-order valence-electron chi connectivity index (χ0n) is 15.7. The molecule has 0 spiro atoms. The molecule has 0 radical (unpaired) electrons. The van der Waals surface area contributed by atoms with Gasteiger partial charge in [-0.25, -0.2) is 4.79 Å². The first-order chi connectivity index (χ1) is 13.9. The maximum Gasteiger partial charge on any atom is 0.321 e. The van der Waals surface area contributed by atoms with Gasteiger partial charge in [0, 0.05) is 23.6 Å². The first kappa shape index (κ1) is 19.9. The minimum Gasteiger partial charge on any atom is -0.508 e. The summed E-state index contributed by atoms with van der Waals surface area (Å²) in [6.07, 6.45) is 0.134. The first-order valence-electron chi connectivity index (χ1n) is 8.93. The zero-order valence-corrected chi connectivity index (χ0v) is 15.7. The van der Waals surface area contributed by atoms with Gasteiger partial charge in [-0.3, -0.25) is 14.9 Å². The molecule has 8 heteroatoms. The summed E-state index contributed by atoms with van der Waals surface area (Å²) in [5.74, 6) is -1.32. The van der Waals surface area contributed by atoms with Crippen LogP contribution >= 0.6 is 0 Å². The third kappa shape index (κ3) is 5.35. The molecule has 8 nitrogen and oxygen atoms in total. The fraction of sp³-hybridized carbons (Fsp3) is 0.190. The summed E-state index contributed by atoms with van der Waals surface area (Å²) in [5, 5.41) is 14.8. The fourth-order valence-electron chi connectivity index (χ4n) is 2.69. The van der Waals surface area contributed by atoms with Crippen molar-refractivity contribution < 1.29 is 28.6 Å². The maximum absolute atomic E-state index is 12.1. The third-order valence-electron chi connectivity index (χ3n) is 4.18. The lowest BCUT2D eigenvalue weighted by atomic mass is 10.1. The van der Waals surface area contributed by atoms with Crippen molar-refractivity contribution in [1.29, 1.82) is 0 Å². The second kappa shape index (κ2) is 8.92. The van der Waals surface area contributed by atoms with Crippen LogP contribution in [0.1, 0.15) is 18.1 Å². The number of esters is 1. The van der Waals surface area contributed by atoms with Crippen molar-refractivity contribution in [1.82, 2.24) is 10.6 Å². The highest BCUT2D eigenvalue weighted by Gasteiger charge is 2.21. The van der Waals surface area contributed by atoms with Gasteiger partial charge < -0.3 is 19.6 Å². The van der Waals surface area contributed by atoms with Gasteiger partial charge in [-0.2, -0.15) is 0 Å². The summed E-state index contributed by atoms with van der Waals surface area (Å²) in [4.78, 5) is 36.0. The molecule has 150 valence electrons. The number of hydrogen-bond acceptors (Lipinski definition) is 6. The van der Waals surface area contributed by atoms with Crippen LogP contribution in [0, 0.1) is 0 Å². The molecule has 29 heavy (non-hydrogen) atoms. The number of rotatable bonds is 6. The number of furan rings is 1. The van der Waals surface area contributed by atoms with E-state index in [1.165, 1.54) is 25.3 Å². The number of benzene rings is 2. The number of phenols is 1. The number of amides is 3. The van der Waals surface area contributed by atoms with E-state index in [0.717, 1.165) is 5.56 Å². The van der Waals surface area contributed by atoms with E-state index in [1.807, 2.05) is 30.3 Å². The van der Waals surface area contributed by atoms with Crippen LogP contribution in [-0.2, 0) is 27.3 Å². The van der Waals surface area contributed by atoms with Gasteiger partial charge in [0.1, 0.15) is 11.3 Å². The normalized spacial score (nSPS) is 11.6. The number of aromatic hydroxyl groups is 1. The first-order valence-corrected chi connectivity index (χ1v) is 8.93. The predicted octanol–water partition coefficient (Wildman–Crippen LogP) is 2.64. The van der Waals surface area contributed by atoms with E-state index in [-0.39, 0.29) is 18.7 Å². The van der Waals surface area contributed by atoms with Crippen molar-refractivity contribution in [2.45, 2.75) is 26.0 Å². The van der Waals surface area contributed by atoms with Crippen LogP contribution in [0.5, 0.6) is 5.75 Å². The highest BCUT2D eigenvalue weighted by molar-refractivity contribution is 5.97. The molecule has 0 saturated heterocycles. The van der Waals surface area contributed by atoms with Crippen molar-refractivity contribution >= 4 is 28.9 Å². The molecular weight excluding hydrogens is 376 g/mol. The Bertz CT molecular complexity index is 1030. The van der Waals surface area contributed by atoms with Crippen LogP contribution in [0.3, 0.4) is 0 Å². The molecule has 0 aliphatic carbocycles. The van der Waals surface area contributed by atoms with Crippen molar-refractivity contribution in [2.24, 2.45) is 0 Å². The minimum atomic E-state index is -1.15. The van der Waals surface area contributed by atoms with Gasteiger partial charge in [-0.1, -0.05) is 30.3 Å².